The lowest BCUT2D eigenvalue weighted by Crippen LogP contribution is -2.29. The van der Waals surface area contributed by atoms with Gasteiger partial charge in [-0.3, -0.25) is 0 Å². The summed E-state index contributed by atoms with van der Waals surface area (Å²) in [5, 5.41) is 4.21. The molecule has 1 aliphatic heterocycles. The van der Waals surface area contributed by atoms with Crippen molar-refractivity contribution in [2.24, 2.45) is 5.92 Å². The van der Waals surface area contributed by atoms with Gasteiger partial charge in [-0.2, -0.15) is 0 Å². The maximum absolute atomic E-state index is 5.97. The Bertz CT molecular complexity index is 467. The molecule has 0 saturated carbocycles. The second-order valence-corrected chi connectivity index (χ2v) is 5.47. The number of aryl methyl sites for hydroxylation is 1. The molecular weight excluding hydrogens is 232 g/mol. The van der Waals surface area contributed by atoms with Crippen molar-refractivity contribution in [2.75, 3.05) is 6.54 Å². The van der Waals surface area contributed by atoms with Gasteiger partial charge in [-0.1, -0.05) is 17.7 Å². The Labute approximate surface area is 107 Å². The first-order valence-electron chi connectivity index (χ1n) is 6.29. The van der Waals surface area contributed by atoms with E-state index in [-0.39, 0.29) is 0 Å². The zero-order valence-corrected chi connectivity index (χ0v) is 10.8. The molecule has 1 aromatic rings. The van der Waals surface area contributed by atoms with Crippen LogP contribution in [0.3, 0.4) is 0 Å². The molecule has 1 N–H and O–H groups in total. The number of allylic oxidation sites excluding steroid dienone is 1. The van der Waals surface area contributed by atoms with Crippen molar-refractivity contribution in [2.45, 2.75) is 32.2 Å². The number of nitrogens with one attached hydrogen (secondary N) is 1. The third-order valence-electron chi connectivity index (χ3n) is 3.98. The number of hydrogen-bond acceptors (Lipinski definition) is 2. The van der Waals surface area contributed by atoms with Crippen molar-refractivity contribution in [3.63, 3.8) is 0 Å². The molecule has 2 atom stereocenters. The Balaban J connectivity index is 1.86. The number of fused-ring (bicyclic) bond motifs is 1. The first kappa shape index (κ1) is 11.2. The minimum atomic E-state index is 0.613. The molecule has 1 aliphatic carbocycles. The summed E-state index contributed by atoms with van der Waals surface area (Å²) in [6.07, 6.45) is 7.95. The van der Waals surface area contributed by atoms with E-state index < -0.39 is 0 Å². The van der Waals surface area contributed by atoms with Gasteiger partial charge in [-0.05, 0) is 61.4 Å². The summed E-state index contributed by atoms with van der Waals surface area (Å²) in [7, 11) is 0. The summed E-state index contributed by atoms with van der Waals surface area (Å²) in [5.41, 5.74) is 3.72. The van der Waals surface area contributed by atoms with E-state index in [1.807, 2.05) is 13.1 Å². The van der Waals surface area contributed by atoms with Gasteiger partial charge in [-0.25, -0.2) is 4.98 Å². The van der Waals surface area contributed by atoms with Crippen molar-refractivity contribution in [1.82, 2.24) is 10.3 Å². The molecule has 2 heterocycles. The van der Waals surface area contributed by atoms with Crippen LogP contribution < -0.4 is 5.32 Å². The van der Waals surface area contributed by atoms with E-state index in [1.54, 1.807) is 0 Å². The first-order chi connectivity index (χ1) is 8.24. The monoisotopic (exact) mass is 248 g/mol. The summed E-state index contributed by atoms with van der Waals surface area (Å²) < 4.78 is 0. The highest BCUT2D eigenvalue weighted by Crippen LogP contribution is 2.34. The van der Waals surface area contributed by atoms with E-state index in [1.165, 1.54) is 30.5 Å². The highest BCUT2D eigenvalue weighted by Gasteiger charge is 2.30. The van der Waals surface area contributed by atoms with E-state index in [0.29, 0.717) is 11.2 Å². The summed E-state index contributed by atoms with van der Waals surface area (Å²) >= 11 is 5.97. The molecule has 0 radical (unpaired) electrons. The molecular formula is C14H17ClN2. The maximum atomic E-state index is 5.97. The Hall–Kier alpha value is -0.860. The Morgan fingerprint density at radius 1 is 1.47 bits per heavy atom. The van der Waals surface area contributed by atoms with Crippen LogP contribution in [-0.4, -0.2) is 17.6 Å². The number of pyridine rings is 1. The molecule has 3 rings (SSSR count). The topological polar surface area (TPSA) is 24.9 Å². The van der Waals surface area contributed by atoms with E-state index in [4.69, 9.17) is 11.6 Å². The zero-order valence-electron chi connectivity index (χ0n) is 10.0. The van der Waals surface area contributed by atoms with Crippen molar-refractivity contribution in [1.29, 1.82) is 0 Å². The number of hydrogen-bond donors (Lipinski definition) is 1. The number of aromatic nitrogens is 1. The van der Waals surface area contributed by atoms with Gasteiger partial charge in [0.1, 0.15) is 5.15 Å². The van der Waals surface area contributed by atoms with E-state index in [9.17, 15) is 0 Å². The lowest BCUT2D eigenvalue weighted by atomic mass is 9.83. The molecule has 90 valence electrons. The van der Waals surface area contributed by atoms with Gasteiger partial charge in [0.15, 0.2) is 0 Å². The fourth-order valence-corrected chi connectivity index (χ4v) is 3.03. The molecule has 0 spiro atoms. The second-order valence-electron chi connectivity index (χ2n) is 5.11. The highest BCUT2D eigenvalue weighted by molar-refractivity contribution is 6.30. The van der Waals surface area contributed by atoms with E-state index >= 15 is 0 Å². The predicted molar refractivity (Wildman–Crippen MR) is 71.1 cm³/mol. The third-order valence-corrected chi connectivity index (χ3v) is 4.38. The molecule has 0 aromatic carbocycles. The quantitative estimate of drug-likeness (QED) is 0.772. The maximum Gasteiger partial charge on any atom is 0.131 e. The smallest absolute Gasteiger partial charge is 0.131 e. The van der Waals surface area contributed by atoms with Crippen LogP contribution in [-0.2, 0) is 0 Å². The number of rotatable bonds is 1. The van der Waals surface area contributed by atoms with Crippen LogP contribution in [0, 0.1) is 12.8 Å². The van der Waals surface area contributed by atoms with Crippen LogP contribution in [0.2, 0.25) is 5.15 Å². The fraction of sp³-hybridized carbons (Fsp3) is 0.500. The molecule has 0 bridgehead atoms. The first-order valence-corrected chi connectivity index (χ1v) is 6.67. The van der Waals surface area contributed by atoms with Gasteiger partial charge in [0, 0.05) is 12.2 Å². The van der Waals surface area contributed by atoms with Crippen molar-refractivity contribution >= 4 is 17.2 Å². The number of nitrogens with zero attached hydrogens (tertiary/aromatic N) is 1. The molecule has 0 unspecified atom stereocenters. The molecule has 2 nitrogen and oxygen atoms in total. The molecule has 1 saturated heterocycles. The molecule has 1 fully saturated rings. The molecule has 1 aromatic heterocycles. The van der Waals surface area contributed by atoms with Gasteiger partial charge >= 0.3 is 0 Å². The Kier molecular flexibility index (Phi) is 2.93. The van der Waals surface area contributed by atoms with Crippen molar-refractivity contribution < 1.29 is 0 Å². The van der Waals surface area contributed by atoms with Crippen LogP contribution in [0.15, 0.2) is 18.3 Å². The van der Waals surface area contributed by atoms with Crippen LogP contribution in [0.4, 0.5) is 0 Å². The summed E-state index contributed by atoms with van der Waals surface area (Å²) in [6, 6.07) is 2.82. The average molecular weight is 249 g/mol. The van der Waals surface area contributed by atoms with Gasteiger partial charge < -0.3 is 5.32 Å². The molecule has 2 aliphatic rings. The standard InChI is InChI=1S/C14H17ClN2/c1-9-6-12(8-17-14(9)15)11-3-2-10-4-5-16-13(10)7-11/h3,6,8,10,13,16H,2,4-5,7H2,1H3/t10-,13-/m1/s1. The summed E-state index contributed by atoms with van der Waals surface area (Å²) in [5.74, 6) is 0.847. The lowest BCUT2D eigenvalue weighted by molar-refractivity contribution is 0.445. The van der Waals surface area contributed by atoms with Gasteiger partial charge in [0.25, 0.3) is 0 Å². The highest BCUT2D eigenvalue weighted by atomic mass is 35.5. The van der Waals surface area contributed by atoms with E-state index in [2.05, 4.69) is 22.4 Å². The third kappa shape index (κ3) is 2.12. The van der Waals surface area contributed by atoms with Crippen LogP contribution in [0.25, 0.3) is 5.57 Å². The molecule has 0 amide bonds. The SMILES string of the molecule is Cc1cc(C2=CC[C@@H]3CCN[C@@H]3C2)cnc1Cl. The van der Waals surface area contributed by atoms with Crippen molar-refractivity contribution in [3.05, 3.63) is 34.6 Å². The van der Waals surface area contributed by atoms with Gasteiger partial charge in [0.2, 0.25) is 0 Å². The van der Waals surface area contributed by atoms with Crippen LogP contribution >= 0.6 is 11.6 Å². The Morgan fingerprint density at radius 2 is 2.35 bits per heavy atom. The second kappa shape index (κ2) is 4.43. The summed E-state index contributed by atoms with van der Waals surface area (Å²) in [4.78, 5) is 4.24. The largest absolute Gasteiger partial charge is 0.313 e. The van der Waals surface area contributed by atoms with Crippen LogP contribution in [0.5, 0.6) is 0 Å². The van der Waals surface area contributed by atoms with Crippen LogP contribution in [0.1, 0.15) is 30.4 Å². The predicted octanol–water partition coefficient (Wildman–Crippen LogP) is 3.20. The normalized spacial score (nSPS) is 27.8. The minimum absolute atomic E-state index is 0.613. The van der Waals surface area contributed by atoms with Gasteiger partial charge in [-0.15, -0.1) is 0 Å². The van der Waals surface area contributed by atoms with Crippen molar-refractivity contribution in [3.8, 4) is 0 Å². The minimum Gasteiger partial charge on any atom is -0.313 e. The fourth-order valence-electron chi connectivity index (χ4n) is 2.93. The number of halogens is 1. The molecule has 17 heavy (non-hydrogen) atoms. The van der Waals surface area contributed by atoms with Gasteiger partial charge in [0.05, 0.1) is 0 Å². The Morgan fingerprint density at radius 3 is 3.18 bits per heavy atom. The molecule has 3 heteroatoms. The van der Waals surface area contributed by atoms with E-state index in [0.717, 1.165) is 17.9 Å². The zero-order chi connectivity index (χ0) is 11.8. The average Bonchev–Trinajstić information content (AvgIpc) is 2.79. The lowest BCUT2D eigenvalue weighted by Gasteiger charge is -2.25. The summed E-state index contributed by atoms with van der Waals surface area (Å²) in [6.45, 7) is 3.19.